The molecule has 1 N–H and O–H groups in total. The van der Waals surface area contributed by atoms with E-state index in [0.717, 1.165) is 29.6 Å². The molecule has 0 amide bonds. The Morgan fingerprint density at radius 2 is 1.94 bits per heavy atom. The third-order valence-corrected chi connectivity index (χ3v) is 2.76. The van der Waals surface area contributed by atoms with Gasteiger partial charge in [0.05, 0.1) is 11.7 Å². The lowest BCUT2D eigenvalue weighted by Gasteiger charge is -2.00. The smallest absolute Gasteiger partial charge is 0.128 e. The molecule has 0 spiro atoms. The molecule has 3 rings (SSSR count). The van der Waals surface area contributed by atoms with Crippen molar-refractivity contribution in [2.45, 2.75) is 12.8 Å². The van der Waals surface area contributed by atoms with Crippen LogP contribution in [0.25, 0.3) is 10.9 Å². The number of H-pyrrole nitrogens is 1. The fourth-order valence-corrected chi connectivity index (χ4v) is 1.86. The van der Waals surface area contributed by atoms with E-state index in [1.54, 1.807) is 12.4 Å². The number of hydrogen-bond acceptors (Lipinski definition) is 3. The van der Waals surface area contributed by atoms with E-state index in [1.807, 2.05) is 12.3 Å². The molecule has 84 valence electrons. The first kappa shape index (κ1) is 9.96. The van der Waals surface area contributed by atoms with Crippen LogP contribution in [0.4, 0.5) is 0 Å². The maximum atomic E-state index is 4.22. The molecule has 0 radical (unpaired) electrons. The molecule has 0 atom stereocenters. The van der Waals surface area contributed by atoms with Crippen molar-refractivity contribution in [3.63, 3.8) is 0 Å². The highest BCUT2D eigenvalue weighted by Gasteiger charge is 2.00. The lowest BCUT2D eigenvalue weighted by Crippen LogP contribution is -1.96. The van der Waals surface area contributed by atoms with Gasteiger partial charge in [0.25, 0.3) is 0 Å². The first-order chi connectivity index (χ1) is 8.42. The highest BCUT2D eigenvalue weighted by Crippen LogP contribution is 2.14. The van der Waals surface area contributed by atoms with E-state index in [4.69, 9.17) is 0 Å². The van der Waals surface area contributed by atoms with Crippen LogP contribution < -0.4 is 0 Å². The molecule has 0 fully saturated rings. The van der Waals surface area contributed by atoms with E-state index in [-0.39, 0.29) is 0 Å². The third-order valence-electron chi connectivity index (χ3n) is 2.76. The van der Waals surface area contributed by atoms with Gasteiger partial charge in [-0.25, -0.2) is 9.97 Å². The summed E-state index contributed by atoms with van der Waals surface area (Å²) in [5.74, 6) is 0.889. The fraction of sp³-hybridized carbons (Fsp3) is 0.154. The normalized spacial score (nSPS) is 10.8. The third kappa shape index (κ3) is 2.15. The second-order valence-electron chi connectivity index (χ2n) is 3.96. The Balaban J connectivity index is 1.76. The number of aromatic amines is 1. The van der Waals surface area contributed by atoms with Crippen molar-refractivity contribution in [1.82, 2.24) is 20.2 Å². The Hall–Kier alpha value is -2.23. The summed E-state index contributed by atoms with van der Waals surface area (Å²) >= 11 is 0. The monoisotopic (exact) mass is 224 g/mol. The molecule has 0 aliphatic heterocycles. The molecule has 0 bridgehead atoms. The van der Waals surface area contributed by atoms with Gasteiger partial charge in [-0.2, -0.15) is 5.10 Å². The zero-order valence-electron chi connectivity index (χ0n) is 9.30. The van der Waals surface area contributed by atoms with Gasteiger partial charge in [-0.1, -0.05) is 6.07 Å². The van der Waals surface area contributed by atoms with Gasteiger partial charge < -0.3 is 0 Å². The molecule has 0 unspecified atom stereocenters. The number of aromatic nitrogens is 4. The van der Waals surface area contributed by atoms with Gasteiger partial charge in [-0.15, -0.1) is 0 Å². The molecular formula is C13H12N4. The van der Waals surface area contributed by atoms with Gasteiger partial charge in [-0.3, -0.25) is 5.10 Å². The van der Waals surface area contributed by atoms with Crippen LogP contribution in [0.5, 0.6) is 0 Å². The minimum absolute atomic E-state index is 0.865. The summed E-state index contributed by atoms with van der Waals surface area (Å²) in [6, 6.07) is 8.16. The van der Waals surface area contributed by atoms with Crippen LogP contribution in [0.2, 0.25) is 0 Å². The van der Waals surface area contributed by atoms with Gasteiger partial charge in [0.1, 0.15) is 5.82 Å². The Morgan fingerprint density at radius 1 is 1.06 bits per heavy atom. The van der Waals surface area contributed by atoms with Gasteiger partial charge in [0, 0.05) is 24.2 Å². The highest BCUT2D eigenvalue weighted by atomic mass is 15.1. The summed E-state index contributed by atoms with van der Waals surface area (Å²) in [5, 5.41) is 8.11. The van der Waals surface area contributed by atoms with Crippen molar-refractivity contribution in [2.24, 2.45) is 0 Å². The second-order valence-corrected chi connectivity index (χ2v) is 3.96. The average molecular weight is 224 g/mol. The zero-order chi connectivity index (χ0) is 11.5. The van der Waals surface area contributed by atoms with Crippen LogP contribution in [0.3, 0.4) is 0 Å². The molecule has 0 aliphatic carbocycles. The predicted molar refractivity (Wildman–Crippen MR) is 65.5 cm³/mol. The Kier molecular flexibility index (Phi) is 2.54. The first-order valence-corrected chi connectivity index (χ1v) is 5.60. The van der Waals surface area contributed by atoms with E-state index < -0.39 is 0 Å². The number of fused-ring (bicyclic) bond motifs is 1. The highest BCUT2D eigenvalue weighted by molar-refractivity contribution is 5.78. The zero-order valence-corrected chi connectivity index (χ0v) is 9.30. The number of rotatable bonds is 3. The minimum atomic E-state index is 0.865. The van der Waals surface area contributed by atoms with E-state index in [0.29, 0.717) is 0 Å². The number of hydrogen-bond donors (Lipinski definition) is 1. The predicted octanol–water partition coefficient (Wildman–Crippen LogP) is 2.14. The van der Waals surface area contributed by atoms with Crippen LogP contribution in [0, 0.1) is 0 Å². The summed E-state index contributed by atoms with van der Waals surface area (Å²) in [5.41, 5.74) is 2.36. The molecule has 2 aromatic heterocycles. The summed E-state index contributed by atoms with van der Waals surface area (Å²) < 4.78 is 0. The van der Waals surface area contributed by atoms with Crippen molar-refractivity contribution in [1.29, 1.82) is 0 Å². The van der Waals surface area contributed by atoms with E-state index in [1.165, 1.54) is 5.56 Å². The molecule has 0 saturated heterocycles. The number of benzene rings is 1. The lowest BCUT2D eigenvalue weighted by molar-refractivity contribution is 0.858. The number of nitrogens with zero attached hydrogens (tertiary/aromatic N) is 3. The van der Waals surface area contributed by atoms with Crippen LogP contribution in [0.1, 0.15) is 11.4 Å². The molecular weight excluding hydrogens is 212 g/mol. The summed E-state index contributed by atoms with van der Waals surface area (Å²) in [4.78, 5) is 8.43. The standard InChI is InChI=1S/C13H12N4/c1-6-14-13(15-7-1)5-3-10-2-4-12-11(8-10)9-16-17-12/h1-2,4,6-9H,3,5H2,(H,16,17). The molecule has 0 saturated carbocycles. The van der Waals surface area contributed by atoms with Crippen LogP contribution in [0.15, 0.2) is 42.9 Å². The minimum Gasteiger partial charge on any atom is -0.278 e. The van der Waals surface area contributed by atoms with Gasteiger partial charge >= 0.3 is 0 Å². The average Bonchev–Trinajstić information content (AvgIpc) is 2.85. The Morgan fingerprint density at radius 3 is 2.82 bits per heavy atom. The van der Waals surface area contributed by atoms with Crippen LogP contribution in [-0.4, -0.2) is 20.2 Å². The summed E-state index contributed by atoms with van der Waals surface area (Å²) in [6.07, 6.45) is 7.22. The van der Waals surface area contributed by atoms with Crippen molar-refractivity contribution in [2.75, 3.05) is 0 Å². The second kappa shape index (κ2) is 4.33. The first-order valence-electron chi connectivity index (χ1n) is 5.60. The lowest BCUT2D eigenvalue weighted by atomic mass is 10.1. The van der Waals surface area contributed by atoms with Crippen molar-refractivity contribution < 1.29 is 0 Å². The molecule has 4 heteroatoms. The van der Waals surface area contributed by atoms with Gasteiger partial charge in [0.2, 0.25) is 0 Å². The number of nitrogens with one attached hydrogen (secondary N) is 1. The molecule has 17 heavy (non-hydrogen) atoms. The topological polar surface area (TPSA) is 54.5 Å². The Bertz CT molecular complexity index is 615. The molecule has 0 aliphatic rings. The SMILES string of the molecule is c1cnc(CCc2ccc3[nH]ncc3c2)nc1. The van der Waals surface area contributed by atoms with E-state index >= 15 is 0 Å². The van der Waals surface area contributed by atoms with Gasteiger partial charge in [0.15, 0.2) is 0 Å². The molecule has 2 heterocycles. The van der Waals surface area contributed by atoms with Crippen molar-refractivity contribution in [3.8, 4) is 0 Å². The molecule has 1 aromatic carbocycles. The summed E-state index contributed by atoms with van der Waals surface area (Å²) in [7, 11) is 0. The van der Waals surface area contributed by atoms with Crippen LogP contribution >= 0.6 is 0 Å². The maximum absolute atomic E-state index is 4.22. The van der Waals surface area contributed by atoms with E-state index in [2.05, 4.69) is 38.4 Å². The molecule has 4 nitrogen and oxygen atoms in total. The largest absolute Gasteiger partial charge is 0.278 e. The van der Waals surface area contributed by atoms with Crippen LogP contribution in [-0.2, 0) is 12.8 Å². The van der Waals surface area contributed by atoms with Gasteiger partial charge in [-0.05, 0) is 30.2 Å². The molecule has 3 aromatic rings. The fourth-order valence-electron chi connectivity index (χ4n) is 1.86. The van der Waals surface area contributed by atoms with Crippen molar-refractivity contribution >= 4 is 10.9 Å². The summed E-state index contributed by atoms with van der Waals surface area (Å²) in [6.45, 7) is 0. The maximum Gasteiger partial charge on any atom is 0.128 e. The number of aryl methyl sites for hydroxylation is 2. The van der Waals surface area contributed by atoms with E-state index in [9.17, 15) is 0 Å². The quantitative estimate of drug-likeness (QED) is 0.741. The Labute approximate surface area is 98.7 Å². The van der Waals surface area contributed by atoms with Crippen molar-refractivity contribution in [3.05, 3.63) is 54.2 Å².